The van der Waals surface area contributed by atoms with Crippen LogP contribution in [0.5, 0.6) is 0 Å². The van der Waals surface area contributed by atoms with Gasteiger partial charge in [-0.1, -0.05) is 12.8 Å². The van der Waals surface area contributed by atoms with Gasteiger partial charge in [0.05, 0.1) is 7.11 Å². The Bertz CT molecular complexity index is 121. The lowest BCUT2D eigenvalue weighted by Gasteiger charge is -2.46. The molecule has 1 saturated carbocycles. The van der Waals surface area contributed by atoms with E-state index in [1.165, 1.54) is 38.8 Å². The molecule has 0 amide bonds. The molecule has 0 atom stereocenters. The smallest absolute Gasteiger partial charge is 0.0575 e. The Hall–Kier alpha value is -0.0800. The van der Waals surface area contributed by atoms with Crippen LogP contribution in [-0.4, -0.2) is 25.3 Å². The molecule has 1 aliphatic heterocycles. The second-order valence-corrected chi connectivity index (χ2v) is 3.69. The quantitative estimate of drug-likeness (QED) is 0.547. The zero-order chi connectivity index (χ0) is 7.03. The molecule has 0 aromatic rings. The molecule has 2 aliphatic rings. The van der Waals surface area contributed by atoms with E-state index in [1.807, 2.05) is 0 Å². The van der Waals surface area contributed by atoms with Crippen molar-refractivity contribution >= 4 is 0 Å². The number of hydrogen-bond acceptors (Lipinski definition) is 2. The van der Waals surface area contributed by atoms with E-state index in [0.29, 0.717) is 5.41 Å². The van der Waals surface area contributed by atoms with Crippen molar-refractivity contribution in [2.75, 3.05) is 20.2 Å². The molecular weight excluding hydrogens is 126 g/mol. The summed E-state index contributed by atoms with van der Waals surface area (Å²) in [6.07, 6.45) is 5.76. The monoisotopic (exact) mass is 141 g/mol. The Labute approximate surface area is 62.1 Å². The molecule has 0 N–H and O–H groups in total. The van der Waals surface area contributed by atoms with Crippen molar-refractivity contribution in [3.63, 3.8) is 0 Å². The first-order chi connectivity index (χ1) is 4.85. The number of hydroxylamine groups is 2. The molecule has 10 heavy (non-hydrogen) atoms. The third-order valence-electron chi connectivity index (χ3n) is 2.95. The van der Waals surface area contributed by atoms with Gasteiger partial charge in [-0.25, -0.2) is 0 Å². The summed E-state index contributed by atoms with van der Waals surface area (Å²) in [4.78, 5) is 5.11. The van der Waals surface area contributed by atoms with Crippen LogP contribution < -0.4 is 0 Å². The molecule has 0 aromatic carbocycles. The summed E-state index contributed by atoms with van der Waals surface area (Å²) in [5.74, 6) is 0. The van der Waals surface area contributed by atoms with E-state index in [-0.39, 0.29) is 0 Å². The van der Waals surface area contributed by atoms with E-state index in [1.54, 1.807) is 7.11 Å². The second-order valence-electron chi connectivity index (χ2n) is 3.69. The Kier molecular flexibility index (Phi) is 1.46. The summed E-state index contributed by atoms with van der Waals surface area (Å²) >= 11 is 0. The highest BCUT2D eigenvalue weighted by molar-refractivity contribution is 4.94. The molecule has 58 valence electrons. The van der Waals surface area contributed by atoms with E-state index in [4.69, 9.17) is 4.84 Å². The van der Waals surface area contributed by atoms with Crippen molar-refractivity contribution in [2.45, 2.75) is 25.7 Å². The second kappa shape index (κ2) is 2.21. The van der Waals surface area contributed by atoms with Gasteiger partial charge < -0.3 is 4.84 Å². The van der Waals surface area contributed by atoms with Crippen molar-refractivity contribution in [1.29, 1.82) is 0 Å². The maximum Gasteiger partial charge on any atom is 0.0575 e. The van der Waals surface area contributed by atoms with Crippen molar-refractivity contribution < 1.29 is 4.84 Å². The fourth-order valence-electron chi connectivity index (χ4n) is 2.27. The molecule has 2 heteroatoms. The average molecular weight is 141 g/mol. The number of nitrogens with zero attached hydrogens (tertiary/aromatic N) is 1. The summed E-state index contributed by atoms with van der Waals surface area (Å²) in [7, 11) is 1.77. The molecule has 1 heterocycles. The molecule has 1 saturated heterocycles. The van der Waals surface area contributed by atoms with Gasteiger partial charge in [-0.05, 0) is 12.8 Å². The van der Waals surface area contributed by atoms with Crippen LogP contribution in [0, 0.1) is 5.41 Å². The van der Waals surface area contributed by atoms with Crippen LogP contribution in [0.4, 0.5) is 0 Å². The Morgan fingerprint density at radius 2 is 1.80 bits per heavy atom. The molecule has 0 aromatic heterocycles. The van der Waals surface area contributed by atoms with Crippen LogP contribution in [0.1, 0.15) is 25.7 Å². The van der Waals surface area contributed by atoms with Crippen LogP contribution in [0.3, 0.4) is 0 Å². The summed E-state index contributed by atoms with van der Waals surface area (Å²) < 4.78 is 0. The minimum absolute atomic E-state index is 0.690. The lowest BCUT2D eigenvalue weighted by atomic mass is 9.80. The van der Waals surface area contributed by atoms with Crippen molar-refractivity contribution in [1.82, 2.24) is 5.06 Å². The molecule has 0 bridgehead atoms. The molecule has 2 fully saturated rings. The highest BCUT2D eigenvalue weighted by Gasteiger charge is 2.44. The van der Waals surface area contributed by atoms with Gasteiger partial charge in [0.25, 0.3) is 0 Å². The van der Waals surface area contributed by atoms with Gasteiger partial charge >= 0.3 is 0 Å². The Morgan fingerprint density at radius 3 is 2.30 bits per heavy atom. The van der Waals surface area contributed by atoms with Gasteiger partial charge in [0.1, 0.15) is 0 Å². The van der Waals surface area contributed by atoms with Gasteiger partial charge in [0, 0.05) is 18.5 Å². The summed E-state index contributed by atoms with van der Waals surface area (Å²) in [6, 6.07) is 0. The van der Waals surface area contributed by atoms with Crippen LogP contribution in [0.15, 0.2) is 0 Å². The minimum Gasteiger partial charge on any atom is -0.302 e. The highest BCUT2D eigenvalue weighted by Crippen LogP contribution is 2.45. The summed E-state index contributed by atoms with van der Waals surface area (Å²) in [5, 5.41) is 2.06. The fourth-order valence-corrected chi connectivity index (χ4v) is 2.27. The molecule has 2 rings (SSSR count). The predicted octanol–water partition coefficient (Wildman–Crippen LogP) is 1.42. The van der Waals surface area contributed by atoms with Crippen molar-refractivity contribution in [3.8, 4) is 0 Å². The highest BCUT2D eigenvalue weighted by atomic mass is 16.7. The van der Waals surface area contributed by atoms with E-state index >= 15 is 0 Å². The van der Waals surface area contributed by atoms with Crippen LogP contribution in [-0.2, 0) is 4.84 Å². The fraction of sp³-hybridized carbons (Fsp3) is 1.00. The van der Waals surface area contributed by atoms with Gasteiger partial charge in [-0.15, -0.1) is 0 Å². The van der Waals surface area contributed by atoms with Gasteiger partial charge in [-0.2, -0.15) is 5.06 Å². The van der Waals surface area contributed by atoms with Crippen molar-refractivity contribution in [2.24, 2.45) is 5.41 Å². The predicted molar refractivity (Wildman–Crippen MR) is 39.5 cm³/mol. The SMILES string of the molecule is CON1CC2(CCCC2)C1. The standard InChI is InChI=1S/C8H15NO/c1-10-9-6-8(7-9)4-2-3-5-8/h2-7H2,1H3. The first-order valence-corrected chi connectivity index (χ1v) is 4.14. The molecule has 0 radical (unpaired) electrons. The lowest BCUT2D eigenvalue weighted by Crippen LogP contribution is -2.53. The summed E-state index contributed by atoms with van der Waals surface area (Å²) in [6.45, 7) is 2.37. The molecule has 1 spiro atoms. The average Bonchev–Trinajstić information content (AvgIpc) is 2.30. The topological polar surface area (TPSA) is 12.5 Å². The minimum atomic E-state index is 0.690. The first-order valence-electron chi connectivity index (χ1n) is 4.14. The number of rotatable bonds is 1. The maximum atomic E-state index is 5.11. The Balaban J connectivity index is 1.86. The number of hydrogen-bond donors (Lipinski definition) is 0. The zero-order valence-corrected chi connectivity index (χ0v) is 6.60. The molecular formula is C8H15NO. The first kappa shape index (κ1) is 6.62. The zero-order valence-electron chi connectivity index (χ0n) is 6.60. The van der Waals surface area contributed by atoms with Gasteiger partial charge in [-0.3, -0.25) is 0 Å². The lowest BCUT2D eigenvalue weighted by molar-refractivity contribution is -0.230. The van der Waals surface area contributed by atoms with Gasteiger partial charge in [0.15, 0.2) is 0 Å². The van der Waals surface area contributed by atoms with Crippen molar-refractivity contribution in [3.05, 3.63) is 0 Å². The summed E-state index contributed by atoms with van der Waals surface area (Å²) in [5.41, 5.74) is 0.690. The normalized spacial score (nSPS) is 30.9. The van der Waals surface area contributed by atoms with Crippen LogP contribution >= 0.6 is 0 Å². The van der Waals surface area contributed by atoms with E-state index in [9.17, 15) is 0 Å². The maximum absolute atomic E-state index is 5.11. The largest absolute Gasteiger partial charge is 0.302 e. The Morgan fingerprint density at radius 1 is 1.20 bits per heavy atom. The van der Waals surface area contributed by atoms with E-state index in [0.717, 1.165) is 0 Å². The molecule has 2 nitrogen and oxygen atoms in total. The third-order valence-corrected chi connectivity index (χ3v) is 2.95. The van der Waals surface area contributed by atoms with Crippen LogP contribution in [0.25, 0.3) is 0 Å². The van der Waals surface area contributed by atoms with Gasteiger partial charge in [0.2, 0.25) is 0 Å². The van der Waals surface area contributed by atoms with E-state index in [2.05, 4.69) is 5.06 Å². The molecule has 1 aliphatic carbocycles. The van der Waals surface area contributed by atoms with E-state index < -0.39 is 0 Å². The molecule has 0 unspecified atom stereocenters. The van der Waals surface area contributed by atoms with Crippen LogP contribution in [0.2, 0.25) is 0 Å². The third kappa shape index (κ3) is 0.867.